The van der Waals surface area contributed by atoms with Gasteiger partial charge in [0, 0.05) is 18.2 Å². The van der Waals surface area contributed by atoms with Crippen molar-refractivity contribution < 1.29 is 18.8 Å². The molecule has 0 fully saturated rings. The lowest BCUT2D eigenvalue weighted by atomic mass is 9.93. The normalized spacial score (nSPS) is 17.6. The Morgan fingerprint density at radius 1 is 1.39 bits per heavy atom. The maximum atomic E-state index is 12.8. The summed E-state index contributed by atoms with van der Waals surface area (Å²) >= 11 is 1.01. The first-order chi connectivity index (χ1) is 13.1. The smallest absolute Gasteiger partial charge is 0.259 e. The van der Waals surface area contributed by atoms with Crippen LogP contribution in [0.1, 0.15) is 47.4 Å². The zero-order valence-electron chi connectivity index (χ0n) is 15.9. The molecule has 2 aliphatic rings. The minimum Gasteiger partial charge on any atom is -0.493 e. The van der Waals surface area contributed by atoms with Crippen molar-refractivity contribution in [1.29, 1.82) is 0 Å². The number of aryl methyl sites for hydroxylation is 1. The predicted molar refractivity (Wildman–Crippen MR) is 107 cm³/mol. The van der Waals surface area contributed by atoms with Crippen LogP contribution < -0.4 is 9.88 Å². The molecule has 1 aromatic heterocycles. The fraction of sp³-hybridized carbons (Fsp3) is 0.474. The van der Waals surface area contributed by atoms with Crippen molar-refractivity contribution in [3.05, 3.63) is 39.4 Å². The van der Waals surface area contributed by atoms with Crippen LogP contribution in [0.4, 0.5) is 0 Å². The maximum Gasteiger partial charge on any atom is 0.259 e. The summed E-state index contributed by atoms with van der Waals surface area (Å²) in [7, 11) is -3.46. The number of ether oxygens (including phenoxy) is 1. The van der Waals surface area contributed by atoms with Gasteiger partial charge in [0.2, 0.25) is 4.34 Å². The van der Waals surface area contributed by atoms with E-state index in [1.54, 1.807) is 13.8 Å². The lowest BCUT2D eigenvalue weighted by Gasteiger charge is -2.13. The first-order valence-corrected chi connectivity index (χ1v) is 11.6. The van der Waals surface area contributed by atoms with Crippen LogP contribution in [0.5, 0.6) is 5.75 Å². The summed E-state index contributed by atoms with van der Waals surface area (Å²) < 4.78 is 22.4. The number of carbonyl (C=O) groups is 1. The monoisotopic (exact) mass is 421 g/mol. The van der Waals surface area contributed by atoms with Crippen molar-refractivity contribution in [3.8, 4) is 5.75 Å². The van der Waals surface area contributed by atoms with Crippen LogP contribution in [-0.4, -0.2) is 26.8 Å². The third-order valence-corrected chi connectivity index (χ3v) is 8.26. The van der Waals surface area contributed by atoms with Gasteiger partial charge in [-0.2, -0.15) is 0 Å². The molecule has 1 amide bonds. The standard InChI is InChI=1S/C19H23N3O4S2/c1-19(2,24)16-10-21-18(27-16)28(20,25)22-17(23)9-14-12-5-3-4-11(12)8-15-13(14)6-7-26-15/h8,10,24H,3-7,9H2,1-2H3,(H2,20,22,23,25). The summed E-state index contributed by atoms with van der Waals surface area (Å²) in [6, 6.07) is 2.09. The lowest BCUT2D eigenvalue weighted by molar-refractivity contribution is -0.117. The van der Waals surface area contributed by atoms with E-state index in [9.17, 15) is 14.1 Å². The molecule has 150 valence electrons. The zero-order chi connectivity index (χ0) is 20.1. The summed E-state index contributed by atoms with van der Waals surface area (Å²) in [6.45, 7) is 3.82. The van der Waals surface area contributed by atoms with Crippen LogP contribution in [0, 0.1) is 0 Å². The number of benzene rings is 1. The van der Waals surface area contributed by atoms with Crippen LogP contribution in [0.2, 0.25) is 0 Å². The highest BCUT2D eigenvalue weighted by Crippen LogP contribution is 2.38. The number of hydrogen-bond donors (Lipinski definition) is 2. The molecule has 28 heavy (non-hydrogen) atoms. The molecule has 1 unspecified atom stereocenters. The molecule has 9 heteroatoms. The Kier molecular flexibility index (Phi) is 4.81. The molecule has 7 nitrogen and oxygen atoms in total. The van der Waals surface area contributed by atoms with Crippen LogP contribution in [-0.2, 0) is 46.0 Å². The Morgan fingerprint density at radius 2 is 2.18 bits per heavy atom. The largest absolute Gasteiger partial charge is 0.493 e. The Labute approximate surface area is 168 Å². The molecular weight excluding hydrogens is 398 g/mol. The Hall–Kier alpha value is -1.81. The summed E-state index contributed by atoms with van der Waals surface area (Å²) in [5.41, 5.74) is 3.33. The van der Waals surface area contributed by atoms with Gasteiger partial charge in [-0.3, -0.25) is 4.79 Å². The van der Waals surface area contributed by atoms with Gasteiger partial charge < -0.3 is 9.84 Å². The highest BCUT2D eigenvalue weighted by molar-refractivity contribution is 7.93. The number of rotatable bonds is 4. The summed E-state index contributed by atoms with van der Waals surface area (Å²) in [4.78, 5) is 17.2. The van der Waals surface area contributed by atoms with Crippen molar-refractivity contribution in [2.45, 2.75) is 55.9 Å². The van der Waals surface area contributed by atoms with Gasteiger partial charge in [-0.15, -0.1) is 15.7 Å². The van der Waals surface area contributed by atoms with Crippen molar-refractivity contribution in [2.75, 3.05) is 6.61 Å². The van der Waals surface area contributed by atoms with Crippen molar-refractivity contribution >= 4 is 27.2 Å². The van der Waals surface area contributed by atoms with E-state index in [-0.39, 0.29) is 10.8 Å². The second-order valence-corrected chi connectivity index (χ2v) is 10.7. The second kappa shape index (κ2) is 6.91. The van der Waals surface area contributed by atoms with Crippen molar-refractivity contribution in [1.82, 2.24) is 4.98 Å². The summed E-state index contributed by atoms with van der Waals surface area (Å²) in [5.74, 6) is 0.327. The fourth-order valence-electron chi connectivity index (χ4n) is 3.78. The molecule has 1 aliphatic heterocycles. The molecule has 0 saturated carbocycles. The minimum absolute atomic E-state index is 0.0461. The number of carbonyl (C=O) groups excluding carboxylic acids is 1. The Balaban J connectivity index is 1.65. The molecule has 0 spiro atoms. The third-order valence-electron chi connectivity index (χ3n) is 5.10. The number of nitrogens with two attached hydrogens (primary N) is 1. The van der Waals surface area contributed by atoms with Gasteiger partial charge >= 0.3 is 0 Å². The molecule has 1 aromatic carbocycles. The molecule has 2 aromatic rings. The second-order valence-electron chi connectivity index (χ2n) is 7.70. The molecular formula is C19H23N3O4S2. The number of nitrogens with zero attached hydrogens (tertiary/aromatic N) is 2. The molecule has 3 N–H and O–H groups in total. The summed E-state index contributed by atoms with van der Waals surface area (Å²) in [5, 5.41) is 15.9. The number of aromatic nitrogens is 1. The van der Waals surface area contributed by atoms with Crippen LogP contribution in [0.25, 0.3) is 0 Å². The molecule has 0 bridgehead atoms. The SMILES string of the molecule is CC(C)(O)c1cnc(S(N)(=O)=NC(=O)Cc2c3c(cc4c2CCO4)CCC3)s1. The van der Waals surface area contributed by atoms with Gasteiger partial charge in [0.25, 0.3) is 5.91 Å². The predicted octanol–water partition coefficient (Wildman–Crippen LogP) is 2.26. The number of amides is 1. The molecule has 0 radical (unpaired) electrons. The average Bonchev–Trinajstić information content (AvgIpc) is 3.33. The van der Waals surface area contributed by atoms with Crippen LogP contribution in [0.15, 0.2) is 21.0 Å². The minimum atomic E-state index is -3.46. The quantitative estimate of drug-likeness (QED) is 0.786. The summed E-state index contributed by atoms with van der Waals surface area (Å²) in [6.07, 6.45) is 5.22. The number of hydrogen-bond acceptors (Lipinski definition) is 6. The number of aliphatic hydroxyl groups is 1. The average molecular weight is 422 g/mol. The van der Waals surface area contributed by atoms with E-state index in [1.165, 1.54) is 17.3 Å². The Bertz CT molecular complexity index is 1040. The van der Waals surface area contributed by atoms with Crippen LogP contribution in [0.3, 0.4) is 0 Å². The van der Waals surface area contributed by atoms with Crippen LogP contribution >= 0.6 is 11.3 Å². The van der Waals surface area contributed by atoms with Gasteiger partial charge in [0.05, 0.1) is 23.5 Å². The highest BCUT2D eigenvalue weighted by atomic mass is 32.2. The first-order valence-electron chi connectivity index (χ1n) is 9.21. The molecule has 2 heterocycles. The number of fused-ring (bicyclic) bond motifs is 2. The van der Waals surface area contributed by atoms with E-state index in [2.05, 4.69) is 15.4 Å². The van der Waals surface area contributed by atoms with E-state index < -0.39 is 21.4 Å². The molecule has 4 rings (SSSR count). The van der Waals surface area contributed by atoms with E-state index in [4.69, 9.17) is 9.88 Å². The van der Waals surface area contributed by atoms with Gasteiger partial charge in [-0.1, -0.05) is 0 Å². The van der Waals surface area contributed by atoms with Crippen molar-refractivity contribution in [2.24, 2.45) is 9.50 Å². The Morgan fingerprint density at radius 3 is 2.89 bits per heavy atom. The molecule has 1 atom stereocenters. The highest BCUT2D eigenvalue weighted by Gasteiger charge is 2.27. The van der Waals surface area contributed by atoms with Crippen molar-refractivity contribution in [3.63, 3.8) is 0 Å². The third kappa shape index (κ3) is 3.59. The number of thiazole rings is 1. The van der Waals surface area contributed by atoms with Gasteiger partial charge in [-0.25, -0.2) is 14.3 Å². The van der Waals surface area contributed by atoms with E-state index >= 15 is 0 Å². The van der Waals surface area contributed by atoms with E-state index in [0.29, 0.717) is 11.5 Å². The lowest BCUT2D eigenvalue weighted by Crippen LogP contribution is -2.16. The molecule has 0 saturated heterocycles. The van der Waals surface area contributed by atoms with E-state index in [1.807, 2.05) is 0 Å². The van der Waals surface area contributed by atoms with Gasteiger partial charge in [-0.05, 0) is 55.9 Å². The zero-order valence-corrected chi connectivity index (χ0v) is 17.5. The van der Waals surface area contributed by atoms with Gasteiger partial charge in [0.1, 0.15) is 5.75 Å². The molecule has 1 aliphatic carbocycles. The van der Waals surface area contributed by atoms with E-state index in [0.717, 1.165) is 53.9 Å². The maximum absolute atomic E-state index is 12.8. The topological polar surface area (TPSA) is 115 Å². The van der Waals surface area contributed by atoms with Gasteiger partial charge in [0.15, 0.2) is 9.92 Å². The fourth-order valence-corrected chi connectivity index (χ4v) is 5.93. The first kappa shape index (κ1) is 19.5.